The molecule has 17 rings (SSSR count). The van der Waals surface area contributed by atoms with Gasteiger partial charge in [0.1, 0.15) is 0 Å². The molecule has 0 aliphatic carbocycles. The molecule has 0 aliphatic rings. The normalized spacial score (nSPS) is 12.1. The van der Waals surface area contributed by atoms with E-state index in [0.717, 1.165) is 0 Å². The first kappa shape index (κ1) is 44.4. The topological polar surface area (TPSA) is 9.86 Å². The molecule has 14 aromatic carbocycles. The zero-order chi connectivity index (χ0) is 51.7. The molecule has 0 spiro atoms. The number of hydrogen-bond donors (Lipinski definition) is 0. The molecule has 3 heteroatoms. The van der Waals surface area contributed by atoms with Crippen LogP contribution >= 0.6 is 0 Å². The van der Waals surface area contributed by atoms with Gasteiger partial charge in [0.05, 0.1) is 0 Å². The van der Waals surface area contributed by atoms with Gasteiger partial charge in [0, 0.05) is 11.4 Å². The van der Waals surface area contributed by atoms with E-state index in [-0.39, 0.29) is 14.5 Å². The van der Waals surface area contributed by atoms with Crippen LogP contribution < -0.4 is 0 Å². The quantitative estimate of drug-likeness (QED) is 0.116. The van der Waals surface area contributed by atoms with Gasteiger partial charge in [-0.05, 0) is 36.4 Å². The second-order valence-electron chi connectivity index (χ2n) is 21.0. The van der Waals surface area contributed by atoms with Crippen molar-refractivity contribution in [2.24, 2.45) is 0 Å². The largest absolute Gasteiger partial charge is 0.0602 e. The smallest absolute Gasteiger partial charge is 0.0380 e. The third-order valence-corrected chi connectivity index (χ3v) is 19.2. The van der Waals surface area contributed by atoms with Gasteiger partial charge in [-0.25, -0.2) is 0 Å². The van der Waals surface area contributed by atoms with Crippen molar-refractivity contribution in [3.63, 3.8) is 0 Å². The molecule has 0 atom stereocenters. The van der Waals surface area contributed by atoms with Crippen molar-refractivity contribution in [1.82, 2.24) is 9.13 Å². The van der Waals surface area contributed by atoms with Crippen LogP contribution in [0.15, 0.2) is 279 Å². The van der Waals surface area contributed by atoms with E-state index in [2.05, 4.69) is 288 Å². The summed E-state index contributed by atoms with van der Waals surface area (Å²) >= 11 is 0.108. The molecule has 0 saturated carbocycles. The first-order chi connectivity index (χ1) is 39.2. The van der Waals surface area contributed by atoms with Crippen LogP contribution in [0.3, 0.4) is 0 Å². The van der Waals surface area contributed by atoms with Gasteiger partial charge >= 0.3 is 356 Å². The Morgan fingerprint density at radius 2 is 0.570 bits per heavy atom. The molecular formula is C76H46N2Se. The first-order valence-corrected chi connectivity index (χ1v) is 29.0. The maximum Gasteiger partial charge on any atom is -0.0380 e. The van der Waals surface area contributed by atoms with Crippen LogP contribution in [0.1, 0.15) is 0 Å². The Labute approximate surface area is 461 Å². The summed E-state index contributed by atoms with van der Waals surface area (Å²) < 4.78 is 7.67. The van der Waals surface area contributed by atoms with Crippen LogP contribution in [-0.4, -0.2) is 23.6 Å². The summed E-state index contributed by atoms with van der Waals surface area (Å²) in [7, 11) is 0. The summed E-state index contributed by atoms with van der Waals surface area (Å²) in [5.41, 5.74) is 17.3. The first-order valence-electron chi connectivity index (χ1n) is 27.2. The Balaban J connectivity index is 0.839. The van der Waals surface area contributed by atoms with Gasteiger partial charge in [0.15, 0.2) is 0 Å². The zero-order valence-corrected chi connectivity index (χ0v) is 44.6. The summed E-state index contributed by atoms with van der Waals surface area (Å²) in [6, 6.07) is 104. The van der Waals surface area contributed by atoms with Crippen molar-refractivity contribution in [3.05, 3.63) is 279 Å². The molecule has 3 heterocycles. The van der Waals surface area contributed by atoms with E-state index in [0.29, 0.717) is 0 Å². The third kappa shape index (κ3) is 6.58. The number of fused-ring (bicyclic) bond motifs is 13. The van der Waals surface area contributed by atoms with Crippen molar-refractivity contribution in [1.29, 1.82) is 0 Å². The van der Waals surface area contributed by atoms with Gasteiger partial charge in [-0.1, -0.05) is 60.7 Å². The average Bonchev–Trinajstić information content (AvgIpc) is 4.40. The minimum absolute atomic E-state index is 0.108. The fourth-order valence-electron chi connectivity index (χ4n) is 13.6. The SMILES string of the molecule is c1ccc(-n2c3ccccc3c3cc(-c4c5ccccc5c(-c5ccc6c(c5)[se]c5cccc(-c7c8ccccc8c(-c8ccc9c(c8)c8ccccc8n9-c8ccccc8)c8ccccc78)c56)c5ccccc45)ccc32)cc1. The molecule has 79 heavy (non-hydrogen) atoms. The summed E-state index contributed by atoms with van der Waals surface area (Å²) in [5.74, 6) is 0. The number of rotatable bonds is 6. The predicted octanol–water partition coefficient (Wildman–Crippen LogP) is 20.5. The van der Waals surface area contributed by atoms with E-state index in [1.165, 1.54) is 162 Å². The van der Waals surface area contributed by atoms with E-state index in [1.807, 2.05) is 0 Å². The van der Waals surface area contributed by atoms with E-state index in [1.54, 1.807) is 0 Å². The standard InChI is InChI=1S/C76H46N2Se/c1-3-20-50(21-4-1)77-66-35-17-15-24-52(66)64-44-47(39-42-68(64)77)72-54-26-7-9-28-56(54)74(57-29-10-8-27-55(57)72)49-38-41-62-71(46-49)79-70-37-19-34-63(76(62)70)75-60-32-13-11-30-58(60)73(59-31-12-14-33-61(59)75)48-40-43-69-65(45-48)53-25-16-18-36-67(53)78(69)51-22-5-2-6-23-51/h1-46H. The van der Waals surface area contributed by atoms with Crippen LogP contribution in [0.2, 0.25) is 0 Å². The molecule has 0 unspecified atom stereocenters. The molecule has 0 aliphatic heterocycles. The third-order valence-electron chi connectivity index (χ3n) is 16.9. The van der Waals surface area contributed by atoms with Gasteiger partial charge in [0.25, 0.3) is 0 Å². The van der Waals surface area contributed by atoms with Gasteiger partial charge in [-0.2, -0.15) is 0 Å². The number of hydrogen-bond acceptors (Lipinski definition) is 0. The van der Waals surface area contributed by atoms with Crippen LogP contribution in [-0.2, 0) is 0 Å². The number of para-hydroxylation sites is 4. The second kappa shape index (κ2) is 17.4. The van der Waals surface area contributed by atoms with E-state index < -0.39 is 0 Å². The zero-order valence-electron chi connectivity index (χ0n) is 42.9. The Kier molecular flexibility index (Phi) is 9.76. The Morgan fingerprint density at radius 1 is 0.215 bits per heavy atom. The fourth-order valence-corrected chi connectivity index (χ4v) is 16.1. The summed E-state index contributed by atoms with van der Waals surface area (Å²) in [5, 5.41) is 17.9. The maximum atomic E-state index is 2.53. The predicted molar refractivity (Wildman–Crippen MR) is 339 cm³/mol. The van der Waals surface area contributed by atoms with Crippen molar-refractivity contribution in [2.45, 2.75) is 0 Å². The second-order valence-corrected chi connectivity index (χ2v) is 23.3. The Hall–Kier alpha value is -9.76. The molecular weight excluding hydrogens is 1020 g/mol. The van der Waals surface area contributed by atoms with E-state index in [4.69, 9.17) is 0 Å². The molecule has 0 radical (unpaired) electrons. The van der Waals surface area contributed by atoms with Gasteiger partial charge in [-0.3, -0.25) is 0 Å². The summed E-state index contributed by atoms with van der Waals surface area (Å²) in [6.45, 7) is 0. The molecule has 0 saturated heterocycles. The number of aromatic nitrogens is 2. The molecule has 2 nitrogen and oxygen atoms in total. The van der Waals surface area contributed by atoms with Crippen LogP contribution in [0.25, 0.3) is 162 Å². The van der Waals surface area contributed by atoms with Crippen molar-refractivity contribution in [3.8, 4) is 55.9 Å². The van der Waals surface area contributed by atoms with Crippen LogP contribution in [0.5, 0.6) is 0 Å². The van der Waals surface area contributed by atoms with E-state index >= 15 is 0 Å². The number of benzene rings is 14. The van der Waals surface area contributed by atoms with Gasteiger partial charge in [-0.15, -0.1) is 0 Å². The molecule has 0 N–H and O–H groups in total. The Bertz CT molecular complexity index is 5250. The molecule has 0 amide bonds. The summed E-state index contributed by atoms with van der Waals surface area (Å²) in [6.07, 6.45) is 0. The molecule has 3 aromatic heterocycles. The average molecular weight is 1070 g/mol. The van der Waals surface area contributed by atoms with E-state index in [9.17, 15) is 0 Å². The maximum absolute atomic E-state index is 2.53. The molecule has 17 aromatic rings. The minimum Gasteiger partial charge on any atom is -0.0602 e. The van der Waals surface area contributed by atoms with Crippen LogP contribution in [0.4, 0.5) is 0 Å². The monoisotopic (exact) mass is 1070 g/mol. The van der Waals surface area contributed by atoms with Crippen molar-refractivity contribution >= 4 is 120 Å². The van der Waals surface area contributed by atoms with Crippen molar-refractivity contribution < 1.29 is 0 Å². The number of nitrogens with zero attached hydrogens (tertiary/aromatic N) is 2. The van der Waals surface area contributed by atoms with Gasteiger partial charge in [0.2, 0.25) is 0 Å². The molecule has 0 bridgehead atoms. The van der Waals surface area contributed by atoms with Crippen molar-refractivity contribution in [2.75, 3.05) is 0 Å². The van der Waals surface area contributed by atoms with Gasteiger partial charge < -0.3 is 0 Å². The fraction of sp³-hybridized carbons (Fsp3) is 0. The van der Waals surface area contributed by atoms with Crippen LogP contribution in [0, 0.1) is 0 Å². The molecule has 366 valence electrons. The summed E-state index contributed by atoms with van der Waals surface area (Å²) in [4.78, 5) is 0. The molecule has 0 fully saturated rings. The minimum atomic E-state index is 0.108. The Morgan fingerprint density at radius 3 is 1.01 bits per heavy atom.